The lowest BCUT2D eigenvalue weighted by molar-refractivity contribution is -0.127. The molecular weight excluding hydrogens is 1080 g/mol. The quantitative estimate of drug-likeness (QED) is 0.101. The van der Waals surface area contributed by atoms with Crippen LogP contribution in [-0.2, 0) is 28.8 Å². The lowest BCUT2D eigenvalue weighted by Gasteiger charge is -2.22. The van der Waals surface area contributed by atoms with Gasteiger partial charge >= 0.3 is 0 Å². The number of nitrogens with zero attached hydrogens (tertiary/aromatic N) is 5. The number of allylic oxidation sites excluding steroid dienone is 1. The summed E-state index contributed by atoms with van der Waals surface area (Å²) in [6.45, 7) is 30.2. The predicted molar refractivity (Wildman–Crippen MR) is 285 cm³/mol. The molecule has 0 unspecified atom stereocenters. The van der Waals surface area contributed by atoms with Gasteiger partial charge in [0.25, 0.3) is 47.3 Å². The van der Waals surface area contributed by atoms with Crippen LogP contribution >= 0.6 is 11.3 Å². The van der Waals surface area contributed by atoms with E-state index in [2.05, 4.69) is 112 Å². The van der Waals surface area contributed by atoms with Gasteiger partial charge < -0.3 is 71.9 Å². The molecule has 10 amide bonds. The highest BCUT2D eigenvalue weighted by Crippen LogP contribution is 2.33. The van der Waals surface area contributed by atoms with Crippen molar-refractivity contribution in [3.63, 3.8) is 0 Å². The highest BCUT2D eigenvalue weighted by atomic mass is 32.1. The summed E-state index contributed by atoms with van der Waals surface area (Å²) in [6, 6.07) is -0.369. The van der Waals surface area contributed by atoms with Crippen molar-refractivity contribution in [1.82, 2.24) is 72.8 Å². The number of fused-ring (bicyclic) bond motifs is 11. The number of hydrogen-bond acceptors (Lipinski definition) is 20. The maximum atomic E-state index is 13.8. The van der Waals surface area contributed by atoms with E-state index >= 15 is 0 Å². The largest absolute Gasteiger partial charge is 0.443 e. The first-order chi connectivity index (χ1) is 38.1. The van der Waals surface area contributed by atoms with E-state index in [4.69, 9.17) is 19.0 Å². The number of aromatic nitrogens is 5. The number of carbonyl (C=O) groups excluding carboxylic acids is 10. The van der Waals surface area contributed by atoms with Crippen LogP contribution in [0.25, 0.3) is 39.1 Å². The smallest absolute Gasteiger partial charge is 0.278 e. The Morgan fingerprint density at radius 1 is 0.667 bits per heavy atom. The SMILES string of the molecule is C=C(NC(=O)C(=C)NC(=O)c1ccc2c(n1)-c1coc(n1)C(=C)NC(=O)C(=C)NC(=O)c1nc(oc1C)C(=C)NC(=O)[C@H](C(C)C)NC(=O)C(=C)NC(=O)c1nc(oc1C)C(=CC)NC(=O)[C@H]([C@@H](C)O)NC(=O)c1csc-2n1)C(N)=O. The summed E-state index contributed by atoms with van der Waals surface area (Å²) in [5, 5.41) is 33.3. The van der Waals surface area contributed by atoms with E-state index in [0.717, 1.165) is 17.6 Å². The molecule has 1 aliphatic heterocycles. The second-order valence-corrected chi connectivity index (χ2v) is 18.4. The van der Waals surface area contributed by atoms with Crippen LogP contribution in [0, 0.1) is 19.8 Å². The van der Waals surface area contributed by atoms with E-state index in [0.29, 0.717) is 0 Å². The Balaban J connectivity index is 1.36. The van der Waals surface area contributed by atoms with Crippen LogP contribution in [0.5, 0.6) is 0 Å². The number of nitrogens with two attached hydrogens (primary N) is 1. The first kappa shape index (κ1) is 59.5. The highest BCUT2D eigenvalue weighted by molar-refractivity contribution is 7.13. The average molecular weight is 1130 g/mol. The zero-order valence-electron chi connectivity index (χ0n) is 43.9. The van der Waals surface area contributed by atoms with Gasteiger partial charge in [-0.3, -0.25) is 47.9 Å². The maximum Gasteiger partial charge on any atom is 0.278 e. The number of oxazole rings is 3. The number of pyridine rings is 1. The van der Waals surface area contributed by atoms with Gasteiger partial charge in [0, 0.05) is 10.9 Å². The summed E-state index contributed by atoms with van der Waals surface area (Å²) >= 11 is 0.894. The number of nitrogens with one attached hydrogen (secondary N) is 9. The van der Waals surface area contributed by atoms with E-state index < -0.39 is 106 Å². The molecule has 0 spiro atoms. The highest BCUT2D eigenvalue weighted by Gasteiger charge is 2.32. The topological polar surface area (TPSA) is 429 Å². The van der Waals surface area contributed by atoms with Gasteiger partial charge in [-0.1, -0.05) is 59.4 Å². The van der Waals surface area contributed by atoms with Crippen molar-refractivity contribution < 1.29 is 66.3 Å². The van der Waals surface area contributed by atoms with Crippen molar-refractivity contribution in [2.24, 2.45) is 11.7 Å². The van der Waals surface area contributed by atoms with Gasteiger partial charge in [-0.05, 0) is 45.7 Å². The second-order valence-electron chi connectivity index (χ2n) is 17.6. The molecule has 30 heteroatoms. The molecular formula is C51H51N15O14S. The molecule has 1 aliphatic rings. The van der Waals surface area contributed by atoms with Gasteiger partial charge in [-0.25, -0.2) is 24.9 Å². The number of carbonyl (C=O) groups is 10. The first-order valence-corrected chi connectivity index (χ1v) is 24.4. The maximum absolute atomic E-state index is 13.8. The summed E-state index contributed by atoms with van der Waals surface area (Å²) in [6.07, 6.45) is 0.879. The Bertz CT molecular complexity index is 3610. The zero-order valence-corrected chi connectivity index (χ0v) is 44.7. The Kier molecular flexibility index (Phi) is 18.2. The number of aliphatic hydroxyl groups is 1. The Morgan fingerprint density at radius 3 is 1.84 bits per heavy atom. The van der Waals surface area contributed by atoms with Gasteiger partial charge in [0.15, 0.2) is 11.4 Å². The third-order valence-corrected chi connectivity index (χ3v) is 12.0. The zero-order chi connectivity index (χ0) is 59.9. The number of thiazole rings is 1. The summed E-state index contributed by atoms with van der Waals surface area (Å²) < 4.78 is 16.9. The molecule has 6 heterocycles. The molecule has 0 fully saturated rings. The lowest BCUT2D eigenvalue weighted by atomic mass is 10.0. The molecule has 81 heavy (non-hydrogen) atoms. The van der Waals surface area contributed by atoms with Crippen LogP contribution in [0.15, 0.2) is 105 Å². The molecule has 0 saturated carbocycles. The van der Waals surface area contributed by atoms with Crippen molar-refractivity contribution >= 4 is 87.5 Å². The number of primary amides is 1. The molecule has 0 saturated heterocycles. The van der Waals surface area contributed by atoms with Crippen molar-refractivity contribution in [2.75, 3.05) is 0 Å². The predicted octanol–water partition coefficient (Wildman–Crippen LogP) is 0.983. The van der Waals surface area contributed by atoms with E-state index in [-0.39, 0.29) is 91.0 Å². The summed E-state index contributed by atoms with van der Waals surface area (Å²) in [4.78, 5) is 154. The molecule has 6 rings (SSSR count). The van der Waals surface area contributed by atoms with Crippen molar-refractivity contribution in [1.29, 1.82) is 0 Å². The van der Waals surface area contributed by atoms with E-state index in [1.807, 2.05) is 0 Å². The standard InChI is InChI=1S/C51H51N15O14S/c1-13-29-50-66-36(27(12)80-50)47(77)56-22(7)41(71)63-33(18(2)3)44(74)58-24(9)49-65-35(26(11)79-49)46(76)55-21(6)40(70)57-23(8)48-61-31(16-78-48)37-28(51-62-32(17-81-51)43(73)64-34(25(10)67)45(75)60-29)14-15-30(59-37)42(72)54-20(5)39(69)53-19(4)38(52)68/h13-18,25,33-34,67H,4-9H2,1-3,10-12H3,(H2,52,68)(H,53,69)(H,54,72)(H,55,76)(H,56,77)(H,57,70)(H,58,74)(H,60,75)(H,63,71)(H,64,73)/t25-,33+,34+/m1/s1. The van der Waals surface area contributed by atoms with Gasteiger partial charge in [0.2, 0.25) is 29.5 Å². The van der Waals surface area contributed by atoms with Crippen LogP contribution in [0.4, 0.5) is 0 Å². The number of amides is 10. The molecule has 5 aromatic heterocycles. The second kappa shape index (κ2) is 24.7. The monoisotopic (exact) mass is 1130 g/mol. The Morgan fingerprint density at radius 2 is 1.23 bits per heavy atom. The van der Waals surface area contributed by atoms with Crippen LogP contribution in [-0.4, -0.2) is 107 Å². The number of hydrogen-bond donors (Lipinski definition) is 11. The molecule has 12 N–H and O–H groups in total. The minimum Gasteiger partial charge on any atom is -0.443 e. The summed E-state index contributed by atoms with van der Waals surface area (Å²) in [5.74, 6) is -11.5. The average Bonchev–Trinajstić information content (AvgIpc) is 4.35. The normalized spacial score (nSPS) is 17.2. The van der Waals surface area contributed by atoms with E-state index in [9.17, 15) is 53.1 Å². The molecule has 29 nitrogen and oxygen atoms in total. The van der Waals surface area contributed by atoms with Gasteiger partial charge in [-0.2, -0.15) is 0 Å². The van der Waals surface area contributed by atoms with Crippen molar-refractivity contribution in [3.05, 3.63) is 144 Å². The number of aryl methyl sites for hydroxylation is 2. The van der Waals surface area contributed by atoms with Crippen LogP contribution in [0.3, 0.4) is 0 Å². The Labute approximate surface area is 462 Å². The van der Waals surface area contributed by atoms with Gasteiger partial charge in [-0.15, -0.1) is 11.3 Å². The molecule has 8 bridgehead atoms. The third-order valence-electron chi connectivity index (χ3n) is 11.2. The summed E-state index contributed by atoms with van der Waals surface area (Å²) in [5.41, 5.74) is 0.958. The summed E-state index contributed by atoms with van der Waals surface area (Å²) in [7, 11) is 0. The number of aliphatic hydroxyl groups excluding tert-OH is 1. The Hall–Kier alpha value is -10.8. The van der Waals surface area contributed by atoms with Crippen molar-refractivity contribution in [3.8, 4) is 22.0 Å². The number of rotatable bonds is 7. The molecule has 3 atom stereocenters. The minimum atomic E-state index is -1.66. The lowest BCUT2D eigenvalue weighted by Crippen LogP contribution is -2.52. The molecule has 0 radical (unpaired) electrons. The minimum absolute atomic E-state index is 0.0700. The molecule has 5 aromatic rings. The fourth-order valence-electron chi connectivity index (χ4n) is 6.86. The van der Waals surface area contributed by atoms with Crippen LogP contribution < -0.4 is 53.6 Å². The molecule has 0 aliphatic carbocycles. The molecule has 420 valence electrons. The van der Waals surface area contributed by atoms with E-state index in [1.165, 1.54) is 51.3 Å². The fraction of sp³-hybridized carbons (Fsp3) is 0.196. The van der Waals surface area contributed by atoms with Crippen molar-refractivity contribution in [2.45, 2.75) is 59.7 Å². The van der Waals surface area contributed by atoms with Gasteiger partial charge in [0.1, 0.15) is 57.7 Å². The first-order valence-electron chi connectivity index (χ1n) is 23.5. The fourth-order valence-corrected chi connectivity index (χ4v) is 7.69. The van der Waals surface area contributed by atoms with Crippen LogP contribution in [0.2, 0.25) is 0 Å². The third kappa shape index (κ3) is 13.9. The van der Waals surface area contributed by atoms with E-state index in [1.54, 1.807) is 13.8 Å². The van der Waals surface area contributed by atoms with Gasteiger partial charge in [0.05, 0.1) is 46.0 Å². The van der Waals surface area contributed by atoms with Crippen LogP contribution in [0.1, 0.15) is 98.8 Å². The molecule has 0 aromatic carbocycles.